The molecular formula is C12H18N2O5S. The van der Waals surface area contributed by atoms with Gasteiger partial charge in [0, 0.05) is 13.1 Å². The van der Waals surface area contributed by atoms with Gasteiger partial charge in [0.1, 0.15) is 12.1 Å². The summed E-state index contributed by atoms with van der Waals surface area (Å²) in [6, 6.07) is 5.85. The number of nitrogens with zero attached hydrogens (tertiary/aromatic N) is 2. The highest BCUT2D eigenvalue weighted by atomic mass is 32.2. The molecule has 20 heavy (non-hydrogen) atoms. The summed E-state index contributed by atoms with van der Waals surface area (Å²) in [5.41, 5.74) is 0. The van der Waals surface area contributed by atoms with Crippen LogP contribution in [0.15, 0.2) is 33.6 Å². The zero-order chi connectivity index (χ0) is 15.0. The summed E-state index contributed by atoms with van der Waals surface area (Å²) < 4.78 is 32.4. The number of rotatable bonds is 8. The topological polar surface area (TPSA) is 99.4 Å². The second-order valence-electron chi connectivity index (χ2n) is 3.85. The van der Waals surface area contributed by atoms with Crippen LogP contribution in [0.1, 0.15) is 0 Å². The van der Waals surface area contributed by atoms with Crippen LogP contribution in [-0.4, -0.2) is 63.3 Å². The van der Waals surface area contributed by atoms with Crippen LogP contribution in [0.5, 0.6) is 5.75 Å². The van der Waals surface area contributed by atoms with Gasteiger partial charge < -0.3 is 19.8 Å². The maximum absolute atomic E-state index is 12.0. The molecule has 112 valence electrons. The highest BCUT2D eigenvalue weighted by Crippen LogP contribution is 2.17. The first-order valence-electron chi connectivity index (χ1n) is 5.94. The average Bonchev–Trinajstić information content (AvgIpc) is 2.45. The van der Waals surface area contributed by atoms with Gasteiger partial charge in [-0.15, -0.1) is 4.40 Å². The molecule has 0 aliphatic heterocycles. The molecule has 0 radical (unpaired) electrons. The summed E-state index contributed by atoms with van der Waals surface area (Å²) in [6.07, 6.45) is 1.10. The van der Waals surface area contributed by atoms with Crippen LogP contribution in [0.2, 0.25) is 0 Å². The molecule has 0 bridgehead atoms. The van der Waals surface area contributed by atoms with Crippen molar-refractivity contribution in [1.29, 1.82) is 0 Å². The minimum absolute atomic E-state index is 0.0440. The first-order chi connectivity index (χ1) is 9.53. The lowest BCUT2D eigenvalue weighted by Gasteiger charge is -2.16. The van der Waals surface area contributed by atoms with Crippen molar-refractivity contribution in [2.45, 2.75) is 4.90 Å². The number of methoxy groups -OCH3 is 1. The third-order valence-electron chi connectivity index (χ3n) is 2.48. The van der Waals surface area contributed by atoms with Gasteiger partial charge in [-0.05, 0) is 24.3 Å². The SMILES string of the molecule is COc1ccc(S(=O)(=O)/N=C/N(CCO)CCO)cc1. The Bertz CT molecular complexity index is 521. The lowest BCUT2D eigenvalue weighted by Crippen LogP contribution is -2.28. The first kappa shape index (κ1) is 16.4. The maximum atomic E-state index is 12.0. The smallest absolute Gasteiger partial charge is 0.283 e. The minimum Gasteiger partial charge on any atom is -0.497 e. The summed E-state index contributed by atoms with van der Waals surface area (Å²) in [6.45, 7) is 0.0770. The number of sulfonamides is 1. The fourth-order valence-electron chi connectivity index (χ4n) is 1.42. The lowest BCUT2D eigenvalue weighted by atomic mass is 10.3. The van der Waals surface area contributed by atoms with Crippen LogP contribution >= 0.6 is 0 Å². The quantitative estimate of drug-likeness (QED) is 0.505. The molecule has 0 heterocycles. The van der Waals surface area contributed by atoms with Crippen LogP contribution in [0, 0.1) is 0 Å². The number of ether oxygens (including phenoxy) is 1. The summed E-state index contributed by atoms with van der Waals surface area (Å²) >= 11 is 0. The van der Waals surface area contributed by atoms with Crippen molar-refractivity contribution in [3.05, 3.63) is 24.3 Å². The molecule has 0 aliphatic carbocycles. The van der Waals surface area contributed by atoms with E-state index in [9.17, 15) is 8.42 Å². The number of aliphatic hydroxyl groups is 2. The Balaban J connectivity index is 2.86. The normalized spacial score (nSPS) is 11.8. The molecule has 0 aliphatic rings. The van der Waals surface area contributed by atoms with Gasteiger partial charge in [-0.2, -0.15) is 8.42 Å². The van der Waals surface area contributed by atoms with Crippen LogP contribution in [-0.2, 0) is 10.0 Å². The minimum atomic E-state index is -3.81. The van der Waals surface area contributed by atoms with E-state index in [4.69, 9.17) is 14.9 Å². The highest BCUT2D eigenvalue weighted by molar-refractivity contribution is 7.90. The van der Waals surface area contributed by atoms with Gasteiger partial charge in [0.2, 0.25) is 0 Å². The molecule has 0 unspecified atom stereocenters. The highest BCUT2D eigenvalue weighted by Gasteiger charge is 2.12. The van der Waals surface area contributed by atoms with Crippen molar-refractivity contribution < 1.29 is 23.4 Å². The molecule has 0 saturated carbocycles. The van der Waals surface area contributed by atoms with Crippen molar-refractivity contribution in [3.63, 3.8) is 0 Å². The molecule has 1 aromatic rings. The van der Waals surface area contributed by atoms with Crippen molar-refractivity contribution >= 4 is 16.4 Å². The van der Waals surface area contributed by atoms with Crippen LogP contribution in [0.25, 0.3) is 0 Å². The Morgan fingerprint density at radius 2 is 1.75 bits per heavy atom. The van der Waals surface area contributed by atoms with E-state index in [2.05, 4.69) is 4.40 Å². The predicted molar refractivity (Wildman–Crippen MR) is 74.4 cm³/mol. The zero-order valence-electron chi connectivity index (χ0n) is 11.1. The van der Waals surface area contributed by atoms with Gasteiger partial charge in [0.15, 0.2) is 0 Å². The summed E-state index contributed by atoms with van der Waals surface area (Å²) in [4.78, 5) is 1.46. The van der Waals surface area contributed by atoms with Crippen molar-refractivity contribution in [1.82, 2.24) is 4.90 Å². The fourth-order valence-corrected chi connectivity index (χ4v) is 2.28. The lowest BCUT2D eigenvalue weighted by molar-refractivity contribution is 0.215. The second kappa shape index (κ2) is 7.83. The van der Waals surface area contributed by atoms with E-state index in [-0.39, 0.29) is 31.2 Å². The summed E-state index contributed by atoms with van der Waals surface area (Å²) in [5, 5.41) is 17.6. The Kier molecular flexibility index (Phi) is 6.43. The first-order valence-corrected chi connectivity index (χ1v) is 7.38. The van der Waals surface area contributed by atoms with E-state index in [0.717, 1.165) is 6.34 Å². The molecule has 0 aromatic heterocycles. The molecule has 0 fully saturated rings. The molecule has 0 amide bonds. The Hall–Kier alpha value is -1.64. The van der Waals surface area contributed by atoms with Gasteiger partial charge >= 0.3 is 0 Å². The third-order valence-corrected chi connectivity index (χ3v) is 3.72. The Morgan fingerprint density at radius 3 is 2.20 bits per heavy atom. The fraction of sp³-hybridized carbons (Fsp3) is 0.417. The van der Waals surface area contributed by atoms with E-state index in [1.807, 2.05) is 0 Å². The predicted octanol–water partition coefficient (Wildman–Crippen LogP) is -0.301. The van der Waals surface area contributed by atoms with Gasteiger partial charge in [0.05, 0.1) is 25.2 Å². The van der Waals surface area contributed by atoms with Crippen LogP contribution in [0.3, 0.4) is 0 Å². The molecule has 8 heteroatoms. The van der Waals surface area contributed by atoms with E-state index < -0.39 is 10.0 Å². The van der Waals surface area contributed by atoms with E-state index in [1.165, 1.54) is 36.3 Å². The van der Waals surface area contributed by atoms with Gasteiger partial charge in [-0.3, -0.25) is 0 Å². The zero-order valence-corrected chi connectivity index (χ0v) is 12.0. The molecule has 7 nitrogen and oxygen atoms in total. The van der Waals surface area contributed by atoms with E-state index in [0.29, 0.717) is 5.75 Å². The third kappa shape index (κ3) is 4.80. The number of benzene rings is 1. The standard InChI is InChI=1S/C12H18N2O5S/c1-19-11-2-4-12(5-3-11)20(17,18)13-10-14(6-8-15)7-9-16/h2-5,10,15-16H,6-9H2,1H3/b13-10+. The summed E-state index contributed by atoms with van der Waals surface area (Å²) in [5.74, 6) is 0.551. The van der Waals surface area contributed by atoms with Gasteiger partial charge in [-0.1, -0.05) is 0 Å². The maximum Gasteiger partial charge on any atom is 0.283 e. The molecular weight excluding hydrogens is 284 g/mol. The average molecular weight is 302 g/mol. The molecule has 0 saturated heterocycles. The van der Waals surface area contributed by atoms with Gasteiger partial charge in [0.25, 0.3) is 10.0 Å². The summed E-state index contributed by atoms with van der Waals surface area (Å²) in [7, 11) is -2.32. The van der Waals surface area contributed by atoms with E-state index >= 15 is 0 Å². The monoisotopic (exact) mass is 302 g/mol. The number of aliphatic hydroxyl groups excluding tert-OH is 2. The largest absolute Gasteiger partial charge is 0.497 e. The second-order valence-corrected chi connectivity index (χ2v) is 5.49. The van der Waals surface area contributed by atoms with Crippen molar-refractivity contribution in [2.24, 2.45) is 4.40 Å². The van der Waals surface area contributed by atoms with Crippen LogP contribution < -0.4 is 4.74 Å². The van der Waals surface area contributed by atoms with Crippen LogP contribution in [0.4, 0.5) is 0 Å². The number of hydrogen-bond donors (Lipinski definition) is 2. The molecule has 1 rings (SSSR count). The van der Waals surface area contributed by atoms with Crippen molar-refractivity contribution in [3.8, 4) is 5.75 Å². The molecule has 2 N–H and O–H groups in total. The molecule has 1 aromatic carbocycles. The Labute approximate surface area is 118 Å². The molecule has 0 spiro atoms. The molecule has 0 atom stereocenters. The van der Waals surface area contributed by atoms with Crippen molar-refractivity contribution in [2.75, 3.05) is 33.4 Å². The Morgan fingerprint density at radius 1 is 1.20 bits per heavy atom. The van der Waals surface area contributed by atoms with Gasteiger partial charge in [-0.25, -0.2) is 0 Å². The van der Waals surface area contributed by atoms with E-state index in [1.54, 1.807) is 0 Å². The number of hydrogen-bond acceptors (Lipinski definition) is 5.